The molecule has 0 saturated heterocycles. The molecule has 0 fully saturated rings. The molecule has 11 nitrogen and oxygen atoms in total. The van der Waals surface area contributed by atoms with E-state index in [9.17, 15) is 29.1 Å². The molecule has 13 heteroatoms. The summed E-state index contributed by atoms with van der Waals surface area (Å²) in [5.74, 6) is -4.54. The van der Waals surface area contributed by atoms with Crippen LogP contribution in [0.4, 0.5) is 0 Å². The highest BCUT2D eigenvalue weighted by Gasteiger charge is 2.31. The average Bonchev–Trinajstić information content (AvgIpc) is 2.67. The van der Waals surface area contributed by atoms with Crippen LogP contribution in [-0.2, 0) is 24.0 Å². The van der Waals surface area contributed by atoms with Gasteiger partial charge in [0.05, 0.1) is 12.5 Å². The molecule has 0 aliphatic rings. The number of carboxylic acids is 2. The summed E-state index contributed by atoms with van der Waals surface area (Å²) in [7, 11) is 0. The number of thioether (sulfide) groups is 1. The van der Waals surface area contributed by atoms with Crippen molar-refractivity contribution in [1.82, 2.24) is 16.0 Å². The van der Waals surface area contributed by atoms with Crippen LogP contribution in [0.5, 0.6) is 0 Å². The Morgan fingerprint density at radius 3 is 1.90 bits per heavy atom. The molecule has 0 rings (SSSR count). The third kappa shape index (κ3) is 11.8. The monoisotopic (exact) mass is 480 g/mol. The highest BCUT2D eigenvalue weighted by molar-refractivity contribution is 7.98. The van der Waals surface area contributed by atoms with E-state index in [0.29, 0.717) is 12.2 Å². The number of carbonyl (C=O) groups excluding carboxylic acids is 3. The van der Waals surface area contributed by atoms with Crippen molar-refractivity contribution in [2.45, 2.75) is 57.3 Å². The van der Waals surface area contributed by atoms with Crippen LogP contribution in [0, 0.1) is 5.92 Å². The molecule has 4 atom stereocenters. The predicted octanol–water partition coefficient (Wildman–Crippen LogP) is -0.944. The van der Waals surface area contributed by atoms with E-state index in [-0.39, 0.29) is 18.1 Å². The first-order valence-corrected chi connectivity index (χ1v) is 11.7. The van der Waals surface area contributed by atoms with Crippen LogP contribution in [0.3, 0.4) is 0 Å². The molecule has 0 aliphatic heterocycles. The smallest absolute Gasteiger partial charge is 0.326 e. The first kappa shape index (κ1) is 29.0. The minimum atomic E-state index is -1.54. The lowest BCUT2D eigenvalue weighted by Gasteiger charge is -2.24. The van der Waals surface area contributed by atoms with E-state index in [0.717, 1.165) is 0 Å². The van der Waals surface area contributed by atoms with E-state index in [1.54, 1.807) is 13.8 Å². The van der Waals surface area contributed by atoms with Gasteiger partial charge < -0.3 is 31.9 Å². The molecular formula is C18H32N4O7S2. The number of hydrogen-bond donors (Lipinski definition) is 7. The van der Waals surface area contributed by atoms with Crippen LogP contribution in [0.1, 0.15) is 33.1 Å². The molecule has 0 aromatic carbocycles. The van der Waals surface area contributed by atoms with Gasteiger partial charge in [-0.1, -0.05) is 13.8 Å². The SMILES string of the molecule is CSCCC(N)C(=O)NC(CS)C(=O)NC(CC(=O)O)C(=O)NC(CC(C)C)C(=O)O. The Morgan fingerprint density at radius 2 is 1.45 bits per heavy atom. The van der Waals surface area contributed by atoms with Crippen LogP contribution in [0.15, 0.2) is 0 Å². The number of amides is 3. The van der Waals surface area contributed by atoms with Crippen LogP contribution >= 0.6 is 24.4 Å². The molecule has 0 radical (unpaired) electrons. The summed E-state index contributed by atoms with van der Waals surface area (Å²) in [6.45, 7) is 3.53. The number of thiol groups is 1. The van der Waals surface area contributed by atoms with Crippen molar-refractivity contribution in [3.8, 4) is 0 Å². The van der Waals surface area contributed by atoms with Crippen molar-refractivity contribution in [2.24, 2.45) is 11.7 Å². The van der Waals surface area contributed by atoms with Gasteiger partial charge in [-0.25, -0.2) is 4.79 Å². The van der Waals surface area contributed by atoms with Crippen molar-refractivity contribution >= 4 is 54.1 Å². The molecule has 31 heavy (non-hydrogen) atoms. The first-order valence-electron chi connectivity index (χ1n) is 9.63. The molecule has 4 unspecified atom stereocenters. The lowest BCUT2D eigenvalue weighted by molar-refractivity contribution is -0.144. The molecular weight excluding hydrogens is 448 g/mol. The first-order chi connectivity index (χ1) is 14.4. The summed E-state index contributed by atoms with van der Waals surface area (Å²) < 4.78 is 0. The van der Waals surface area contributed by atoms with Crippen molar-refractivity contribution in [2.75, 3.05) is 17.8 Å². The number of carboxylic acid groups (broad SMARTS) is 2. The zero-order valence-corrected chi connectivity index (χ0v) is 19.5. The van der Waals surface area contributed by atoms with E-state index in [1.165, 1.54) is 11.8 Å². The Balaban J connectivity index is 5.23. The Morgan fingerprint density at radius 1 is 0.935 bits per heavy atom. The second kappa shape index (κ2) is 14.9. The predicted molar refractivity (Wildman–Crippen MR) is 120 cm³/mol. The lowest BCUT2D eigenvalue weighted by Crippen LogP contribution is -2.58. The maximum absolute atomic E-state index is 12.5. The maximum atomic E-state index is 12.5. The largest absolute Gasteiger partial charge is 0.481 e. The van der Waals surface area contributed by atoms with Crippen molar-refractivity contribution in [3.05, 3.63) is 0 Å². The minimum absolute atomic E-state index is 0.0481. The van der Waals surface area contributed by atoms with E-state index >= 15 is 0 Å². The summed E-state index contributed by atoms with van der Waals surface area (Å²) in [6.07, 6.45) is 1.60. The van der Waals surface area contributed by atoms with E-state index < -0.39 is 60.2 Å². The summed E-state index contributed by atoms with van der Waals surface area (Å²) in [5.41, 5.74) is 5.77. The number of nitrogens with one attached hydrogen (secondary N) is 3. The topological polar surface area (TPSA) is 188 Å². The molecule has 7 N–H and O–H groups in total. The van der Waals surface area contributed by atoms with E-state index in [4.69, 9.17) is 10.8 Å². The molecule has 0 aromatic rings. The Kier molecular flexibility index (Phi) is 14.0. The molecule has 178 valence electrons. The molecule has 0 heterocycles. The van der Waals surface area contributed by atoms with Gasteiger partial charge in [-0.3, -0.25) is 19.2 Å². The van der Waals surface area contributed by atoms with Crippen molar-refractivity contribution in [1.29, 1.82) is 0 Å². The Hall–Kier alpha value is -1.99. The molecule has 0 aromatic heterocycles. The quantitative estimate of drug-likeness (QED) is 0.145. The molecule has 0 aliphatic carbocycles. The number of aliphatic carboxylic acids is 2. The van der Waals surface area contributed by atoms with Gasteiger partial charge in [-0.15, -0.1) is 0 Å². The van der Waals surface area contributed by atoms with Crippen LogP contribution in [-0.4, -0.2) is 81.8 Å². The third-order valence-electron chi connectivity index (χ3n) is 4.12. The summed E-state index contributed by atoms with van der Waals surface area (Å²) in [4.78, 5) is 59.7. The van der Waals surface area contributed by atoms with Gasteiger partial charge in [-0.05, 0) is 30.8 Å². The van der Waals surface area contributed by atoms with Gasteiger partial charge >= 0.3 is 11.9 Å². The van der Waals surface area contributed by atoms with E-state index in [2.05, 4.69) is 28.6 Å². The Labute approximate surface area is 191 Å². The maximum Gasteiger partial charge on any atom is 0.326 e. The highest BCUT2D eigenvalue weighted by atomic mass is 32.2. The normalized spacial score (nSPS) is 14.8. The molecule has 0 spiro atoms. The van der Waals surface area contributed by atoms with Gasteiger partial charge in [0, 0.05) is 5.75 Å². The molecule has 0 saturated carbocycles. The second-order valence-electron chi connectivity index (χ2n) is 7.32. The second-order valence-corrected chi connectivity index (χ2v) is 8.67. The van der Waals surface area contributed by atoms with Crippen LogP contribution in [0.25, 0.3) is 0 Å². The zero-order valence-electron chi connectivity index (χ0n) is 17.8. The number of carbonyl (C=O) groups is 5. The van der Waals surface area contributed by atoms with Crippen LogP contribution in [0.2, 0.25) is 0 Å². The number of hydrogen-bond acceptors (Lipinski definition) is 8. The third-order valence-corrected chi connectivity index (χ3v) is 5.13. The standard InChI is InChI=1S/C18H32N4O7S2/c1-9(2)6-12(18(28)29)21-16(26)11(7-14(23)24)20-17(27)13(8-30)22-15(25)10(19)4-5-31-3/h9-13,30H,4-8,19H2,1-3H3,(H,20,27)(H,21,26)(H,22,25)(H,23,24)(H,28,29). The summed E-state index contributed by atoms with van der Waals surface area (Å²) in [5, 5.41) is 25.3. The van der Waals surface area contributed by atoms with E-state index in [1.807, 2.05) is 6.26 Å². The van der Waals surface area contributed by atoms with Crippen molar-refractivity contribution < 1.29 is 34.2 Å². The zero-order chi connectivity index (χ0) is 24.1. The fourth-order valence-corrected chi connectivity index (χ4v) is 3.22. The summed E-state index contributed by atoms with van der Waals surface area (Å²) in [6, 6.07) is -4.78. The summed E-state index contributed by atoms with van der Waals surface area (Å²) >= 11 is 5.53. The van der Waals surface area contributed by atoms with Gasteiger partial charge in [-0.2, -0.15) is 24.4 Å². The van der Waals surface area contributed by atoms with Gasteiger partial charge in [0.25, 0.3) is 0 Å². The van der Waals surface area contributed by atoms with Crippen LogP contribution < -0.4 is 21.7 Å². The lowest BCUT2D eigenvalue weighted by atomic mass is 10.0. The Bertz CT molecular complexity index is 648. The molecule has 3 amide bonds. The molecule has 0 bridgehead atoms. The van der Waals surface area contributed by atoms with Crippen molar-refractivity contribution in [3.63, 3.8) is 0 Å². The number of nitrogens with two attached hydrogens (primary N) is 1. The van der Waals surface area contributed by atoms with Gasteiger partial charge in [0.15, 0.2) is 0 Å². The average molecular weight is 481 g/mol. The minimum Gasteiger partial charge on any atom is -0.481 e. The fourth-order valence-electron chi connectivity index (χ4n) is 2.47. The highest BCUT2D eigenvalue weighted by Crippen LogP contribution is 2.06. The number of rotatable bonds is 15. The van der Waals surface area contributed by atoms with Gasteiger partial charge in [0.1, 0.15) is 18.1 Å². The fraction of sp³-hybridized carbons (Fsp3) is 0.722. The van der Waals surface area contributed by atoms with Gasteiger partial charge in [0.2, 0.25) is 17.7 Å².